The van der Waals surface area contributed by atoms with Crippen LogP contribution in [0, 0.1) is 16.7 Å². The number of rotatable bonds is 4. The molecule has 1 atom stereocenters. The van der Waals surface area contributed by atoms with E-state index in [0.29, 0.717) is 0 Å². The number of amides is 1. The van der Waals surface area contributed by atoms with Crippen LogP contribution >= 0.6 is 0 Å². The number of carbonyl (C=O) groups excluding carboxylic acids is 1. The van der Waals surface area contributed by atoms with E-state index in [1.165, 1.54) is 0 Å². The standard InChI is InChI=1S/C14H22N2O2/c15-11-14(7-1-2-8-14)13(18)16-9-3-5-12(16)6-4-10-17/h12,17H,1-10H2. The molecule has 0 bridgehead atoms. The molecule has 1 amide bonds. The highest BCUT2D eigenvalue weighted by Crippen LogP contribution is 2.40. The van der Waals surface area contributed by atoms with Crippen LogP contribution in [0.1, 0.15) is 51.4 Å². The molecule has 4 nitrogen and oxygen atoms in total. The topological polar surface area (TPSA) is 64.3 Å². The summed E-state index contributed by atoms with van der Waals surface area (Å²) in [6.45, 7) is 0.973. The van der Waals surface area contributed by atoms with E-state index in [9.17, 15) is 10.1 Å². The fourth-order valence-electron chi connectivity index (χ4n) is 3.36. The predicted octanol–water partition coefficient (Wildman–Crippen LogP) is 1.83. The molecule has 1 heterocycles. The van der Waals surface area contributed by atoms with Crippen LogP contribution in [-0.4, -0.2) is 35.1 Å². The van der Waals surface area contributed by atoms with Crippen molar-refractivity contribution in [3.63, 3.8) is 0 Å². The predicted molar refractivity (Wildman–Crippen MR) is 67.6 cm³/mol. The van der Waals surface area contributed by atoms with Crippen LogP contribution in [0.2, 0.25) is 0 Å². The highest BCUT2D eigenvalue weighted by atomic mass is 16.3. The molecule has 1 N–H and O–H groups in total. The van der Waals surface area contributed by atoms with E-state index in [4.69, 9.17) is 5.11 Å². The minimum absolute atomic E-state index is 0.0583. The second-order valence-corrected chi connectivity index (χ2v) is 5.56. The van der Waals surface area contributed by atoms with Gasteiger partial charge in [0.1, 0.15) is 5.41 Å². The largest absolute Gasteiger partial charge is 0.396 e. The Morgan fingerprint density at radius 2 is 2.11 bits per heavy atom. The van der Waals surface area contributed by atoms with Crippen molar-refractivity contribution in [2.45, 2.75) is 57.4 Å². The molecule has 0 aromatic heterocycles. The van der Waals surface area contributed by atoms with Gasteiger partial charge in [-0.05, 0) is 38.5 Å². The minimum atomic E-state index is -0.734. The third-order valence-electron chi connectivity index (χ3n) is 4.41. The van der Waals surface area contributed by atoms with Gasteiger partial charge in [0.05, 0.1) is 6.07 Å². The monoisotopic (exact) mass is 250 g/mol. The molecular formula is C14H22N2O2. The summed E-state index contributed by atoms with van der Waals surface area (Å²) < 4.78 is 0. The second kappa shape index (κ2) is 5.71. The molecule has 0 aromatic carbocycles. The van der Waals surface area contributed by atoms with Gasteiger partial charge in [0.2, 0.25) is 5.91 Å². The molecule has 0 aromatic rings. The maximum atomic E-state index is 12.6. The van der Waals surface area contributed by atoms with E-state index in [0.717, 1.165) is 57.9 Å². The highest BCUT2D eigenvalue weighted by molar-refractivity contribution is 5.86. The van der Waals surface area contributed by atoms with Gasteiger partial charge < -0.3 is 10.0 Å². The Hall–Kier alpha value is -1.08. The fraction of sp³-hybridized carbons (Fsp3) is 0.857. The highest BCUT2D eigenvalue weighted by Gasteiger charge is 2.46. The number of hydrogen-bond donors (Lipinski definition) is 1. The van der Waals surface area contributed by atoms with Crippen LogP contribution in [0.15, 0.2) is 0 Å². The molecule has 0 spiro atoms. The number of likely N-dealkylation sites (tertiary alicyclic amines) is 1. The first-order valence-corrected chi connectivity index (χ1v) is 7.07. The molecule has 2 rings (SSSR count). The summed E-state index contributed by atoms with van der Waals surface area (Å²) in [5.74, 6) is 0.0583. The van der Waals surface area contributed by atoms with Crippen molar-refractivity contribution in [1.82, 2.24) is 4.90 Å². The van der Waals surface area contributed by atoms with Crippen molar-refractivity contribution in [3.05, 3.63) is 0 Å². The smallest absolute Gasteiger partial charge is 0.243 e. The second-order valence-electron chi connectivity index (χ2n) is 5.56. The summed E-state index contributed by atoms with van der Waals surface area (Å²) in [7, 11) is 0. The molecule has 1 aliphatic carbocycles. The van der Waals surface area contributed by atoms with E-state index in [1.54, 1.807) is 0 Å². The Morgan fingerprint density at radius 1 is 1.39 bits per heavy atom. The third-order valence-corrected chi connectivity index (χ3v) is 4.41. The van der Waals surface area contributed by atoms with Crippen LogP contribution in [0.5, 0.6) is 0 Å². The zero-order valence-electron chi connectivity index (χ0n) is 10.9. The first-order chi connectivity index (χ1) is 8.73. The molecule has 1 unspecified atom stereocenters. The van der Waals surface area contributed by atoms with Gasteiger partial charge in [-0.3, -0.25) is 4.79 Å². The van der Waals surface area contributed by atoms with Gasteiger partial charge in [-0.15, -0.1) is 0 Å². The van der Waals surface area contributed by atoms with Crippen molar-refractivity contribution in [1.29, 1.82) is 5.26 Å². The van der Waals surface area contributed by atoms with Crippen LogP contribution < -0.4 is 0 Å². The number of aliphatic hydroxyl groups is 1. The maximum Gasteiger partial charge on any atom is 0.243 e. The molecule has 4 heteroatoms. The first-order valence-electron chi connectivity index (χ1n) is 7.07. The van der Waals surface area contributed by atoms with E-state index >= 15 is 0 Å². The molecule has 2 aliphatic rings. The van der Waals surface area contributed by atoms with E-state index in [1.807, 2.05) is 4.90 Å². The molecule has 18 heavy (non-hydrogen) atoms. The third kappa shape index (κ3) is 2.37. The number of nitriles is 1. The zero-order valence-corrected chi connectivity index (χ0v) is 10.9. The summed E-state index contributed by atoms with van der Waals surface area (Å²) in [5.41, 5.74) is -0.734. The molecule has 2 fully saturated rings. The Bertz CT molecular complexity index is 342. The number of hydrogen-bond acceptors (Lipinski definition) is 3. The zero-order chi connectivity index (χ0) is 13.0. The Balaban J connectivity index is 2.05. The van der Waals surface area contributed by atoms with Crippen molar-refractivity contribution in [2.75, 3.05) is 13.2 Å². The van der Waals surface area contributed by atoms with E-state index in [-0.39, 0.29) is 18.6 Å². The summed E-state index contributed by atoms with van der Waals surface area (Å²) in [4.78, 5) is 14.5. The van der Waals surface area contributed by atoms with Crippen LogP contribution in [-0.2, 0) is 4.79 Å². The average molecular weight is 250 g/mol. The van der Waals surface area contributed by atoms with Crippen molar-refractivity contribution < 1.29 is 9.90 Å². The SMILES string of the molecule is N#CC1(C(=O)N2CCCC2CCCO)CCCC1. The van der Waals surface area contributed by atoms with Crippen LogP contribution in [0.4, 0.5) is 0 Å². The Labute approximate surface area is 109 Å². The minimum Gasteiger partial charge on any atom is -0.396 e. The van der Waals surface area contributed by atoms with Gasteiger partial charge in [-0.2, -0.15) is 5.26 Å². The lowest BCUT2D eigenvalue weighted by molar-refractivity contribution is -0.139. The van der Waals surface area contributed by atoms with Crippen molar-refractivity contribution >= 4 is 5.91 Å². The molecule has 1 aliphatic heterocycles. The summed E-state index contributed by atoms with van der Waals surface area (Å²) in [5, 5.41) is 18.3. The van der Waals surface area contributed by atoms with Gasteiger partial charge in [-0.25, -0.2) is 0 Å². The molecule has 100 valence electrons. The Morgan fingerprint density at radius 3 is 2.72 bits per heavy atom. The van der Waals surface area contributed by atoms with Gasteiger partial charge in [0.25, 0.3) is 0 Å². The number of aliphatic hydroxyl groups excluding tert-OH is 1. The van der Waals surface area contributed by atoms with Crippen LogP contribution in [0.3, 0.4) is 0 Å². The van der Waals surface area contributed by atoms with Crippen molar-refractivity contribution in [3.8, 4) is 6.07 Å². The van der Waals surface area contributed by atoms with Crippen LogP contribution in [0.25, 0.3) is 0 Å². The lowest BCUT2D eigenvalue weighted by Crippen LogP contribution is -2.44. The van der Waals surface area contributed by atoms with Gasteiger partial charge in [0.15, 0.2) is 0 Å². The average Bonchev–Trinajstić information content (AvgIpc) is 3.05. The first kappa shape index (κ1) is 13.4. The van der Waals surface area contributed by atoms with E-state index < -0.39 is 5.41 Å². The van der Waals surface area contributed by atoms with Crippen molar-refractivity contribution in [2.24, 2.45) is 5.41 Å². The lowest BCUT2D eigenvalue weighted by Gasteiger charge is -2.31. The Kier molecular flexibility index (Phi) is 4.23. The van der Waals surface area contributed by atoms with E-state index in [2.05, 4.69) is 6.07 Å². The van der Waals surface area contributed by atoms with Gasteiger partial charge >= 0.3 is 0 Å². The normalized spacial score (nSPS) is 26.2. The summed E-state index contributed by atoms with van der Waals surface area (Å²) in [6, 6.07) is 2.54. The number of nitrogens with zero attached hydrogens (tertiary/aromatic N) is 2. The number of carbonyl (C=O) groups is 1. The molecule has 1 saturated carbocycles. The fourth-order valence-corrected chi connectivity index (χ4v) is 3.36. The molecule has 1 saturated heterocycles. The molecular weight excluding hydrogens is 228 g/mol. The summed E-state index contributed by atoms with van der Waals surface area (Å²) >= 11 is 0. The summed E-state index contributed by atoms with van der Waals surface area (Å²) in [6.07, 6.45) is 7.11. The lowest BCUT2D eigenvalue weighted by atomic mass is 9.86. The quantitative estimate of drug-likeness (QED) is 0.828. The maximum absolute atomic E-state index is 12.6. The van der Waals surface area contributed by atoms with Gasteiger partial charge in [-0.1, -0.05) is 12.8 Å². The van der Waals surface area contributed by atoms with Gasteiger partial charge in [0, 0.05) is 19.2 Å². The molecule has 0 radical (unpaired) electrons.